The van der Waals surface area contributed by atoms with E-state index < -0.39 is 29.9 Å². The molecule has 0 radical (unpaired) electrons. The maximum Gasteiger partial charge on any atom is 0.312 e. The Morgan fingerprint density at radius 3 is 2.12 bits per heavy atom. The number of hydrogen-bond acceptors (Lipinski definition) is 7. The summed E-state index contributed by atoms with van der Waals surface area (Å²) in [7, 11) is 0. The number of benzene rings is 1. The van der Waals surface area contributed by atoms with Crippen LogP contribution in [0.3, 0.4) is 0 Å². The van der Waals surface area contributed by atoms with Gasteiger partial charge in [0.1, 0.15) is 18.7 Å². The maximum atomic E-state index is 13.2. The minimum absolute atomic E-state index is 0.117. The first-order chi connectivity index (χ1) is 18.9. The number of urea groups is 1. The van der Waals surface area contributed by atoms with Gasteiger partial charge in [-0.15, -0.1) is 0 Å². The predicted molar refractivity (Wildman–Crippen MR) is 153 cm³/mol. The van der Waals surface area contributed by atoms with Crippen molar-refractivity contribution in [3.63, 3.8) is 0 Å². The number of primary amides is 1. The van der Waals surface area contributed by atoms with Crippen molar-refractivity contribution in [2.24, 2.45) is 23.3 Å². The van der Waals surface area contributed by atoms with Gasteiger partial charge in [0.2, 0.25) is 17.7 Å². The van der Waals surface area contributed by atoms with Crippen LogP contribution in [-0.2, 0) is 30.5 Å². The Labute approximate surface area is 236 Å². The van der Waals surface area contributed by atoms with E-state index in [9.17, 15) is 24.0 Å². The number of anilines is 1. The van der Waals surface area contributed by atoms with Crippen molar-refractivity contribution in [1.82, 2.24) is 16.0 Å². The molecule has 0 saturated heterocycles. The van der Waals surface area contributed by atoms with E-state index in [0.717, 1.165) is 18.4 Å². The zero-order valence-electron chi connectivity index (χ0n) is 24.1. The second kappa shape index (κ2) is 18.6. The number of nitrogens with one attached hydrogen (secondary N) is 4. The predicted octanol–water partition coefficient (Wildman–Crippen LogP) is 1.92. The second-order valence-corrected chi connectivity index (χ2v) is 10.3. The summed E-state index contributed by atoms with van der Waals surface area (Å²) in [5, 5.41) is 10.8. The molecule has 1 aromatic carbocycles. The van der Waals surface area contributed by atoms with Crippen molar-refractivity contribution in [2.45, 2.75) is 84.9 Å². The van der Waals surface area contributed by atoms with Gasteiger partial charge < -0.3 is 37.5 Å². The van der Waals surface area contributed by atoms with Crippen molar-refractivity contribution >= 4 is 35.4 Å². The van der Waals surface area contributed by atoms with Crippen molar-refractivity contribution in [1.29, 1.82) is 0 Å². The molecule has 2 atom stereocenters. The second-order valence-electron chi connectivity index (χ2n) is 10.3. The summed E-state index contributed by atoms with van der Waals surface area (Å²) < 4.78 is 5.22. The summed E-state index contributed by atoms with van der Waals surface area (Å²) in [6.45, 7) is 8.03. The molecule has 12 heteroatoms. The van der Waals surface area contributed by atoms with Crippen LogP contribution in [0.2, 0.25) is 0 Å². The SMILES string of the molecule is CC(C)C(=O)OCc1ccc(NC(=O)[C@H](CCCNC(N)=O)NC(=O)C(NC(=O)CCCCCN)C(C)C)cc1. The Bertz CT molecular complexity index is 967. The lowest BCUT2D eigenvalue weighted by atomic mass is 10.0. The maximum absolute atomic E-state index is 13.2. The van der Waals surface area contributed by atoms with Gasteiger partial charge in [0, 0.05) is 18.7 Å². The number of carbonyl (C=O) groups is 5. The molecule has 1 rings (SSSR count). The quantitative estimate of drug-likeness (QED) is 0.116. The molecule has 0 spiro atoms. The Hall–Kier alpha value is -3.67. The molecule has 0 bridgehead atoms. The fourth-order valence-electron chi connectivity index (χ4n) is 3.67. The summed E-state index contributed by atoms with van der Waals surface area (Å²) in [6.07, 6.45) is 3.21. The average Bonchev–Trinajstić information content (AvgIpc) is 2.90. The first-order valence-electron chi connectivity index (χ1n) is 13.8. The third kappa shape index (κ3) is 13.9. The third-order valence-electron chi connectivity index (χ3n) is 6.05. The highest BCUT2D eigenvalue weighted by molar-refractivity contribution is 5.98. The van der Waals surface area contributed by atoms with Crippen LogP contribution >= 0.6 is 0 Å². The number of hydrogen-bond donors (Lipinski definition) is 6. The molecule has 1 aromatic rings. The first kappa shape index (κ1) is 34.4. The zero-order chi connectivity index (χ0) is 30.1. The van der Waals surface area contributed by atoms with Gasteiger partial charge in [0.15, 0.2) is 0 Å². The summed E-state index contributed by atoms with van der Waals surface area (Å²) in [5.74, 6) is -1.92. The van der Waals surface area contributed by atoms with Gasteiger partial charge in [0.25, 0.3) is 0 Å². The van der Waals surface area contributed by atoms with Crippen LogP contribution in [0.4, 0.5) is 10.5 Å². The molecular formula is C28H46N6O6. The van der Waals surface area contributed by atoms with Gasteiger partial charge in [0.05, 0.1) is 5.92 Å². The molecule has 0 aromatic heterocycles. The number of carbonyl (C=O) groups excluding carboxylic acids is 5. The van der Waals surface area contributed by atoms with Crippen LogP contribution in [-0.4, -0.2) is 54.9 Å². The molecule has 0 aliphatic rings. The molecular weight excluding hydrogens is 516 g/mol. The van der Waals surface area contributed by atoms with E-state index in [1.807, 2.05) is 13.8 Å². The van der Waals surface area contributed by atoms with E-state index in [-0.39, 0.29) is 49.7 Å². The van der Waals surface area contributed by atoms with E-state index in [1.54, 1.807) is 38.1 Å². The normalized spacial score (nSPS) is 12.4. The lowest BCUT2D eigenvalue weighted by molar-refractivity contribution is -0.148. The Morgan fingerprint density at radius 2 is 1.55 bits per heavy atom. The van der Waals surface area contributed by atoms with Crippen molar-refractivity contribution in [3.05, 3.63) is 29.8 Å². The van der Waals surface area contributed by atoms with Crippen LogP contribution in [0, 0.1) is 11.8 Å². The topological polar surface area (TPSA) is 195 Å². The molecule has 12 nitrogen and oxygen atoms in total. The number of nitrogens with two attached hydrogens (primary N) is 2. The largest absolute Gasteiger partial charge is 0.461 e. The highest BCUT2D eigenvalue weighted by atomic mass is 16.5. The summed E-state index contributed by atoms with van der Waals surface area (Å²) in [4.78, 5) is 61.5. The van der Waals surface area contributed by atoms with Gasteiger partial charge >= 0.3 is 12.0 Å². The molecule has 0 aliphatic heterocycles. The Kier molecular flexibility index (Phi) is 16.0. The number of unbranched alkanes of at least 4 members (excludes halogenated alkanes) is 2. The fourth-order valence-corrected chi connectivity index (χ4v) is 3.67. The first-order valence-corrected chi connectivity index (χ1v) is 13.8. The van der Waals surface area contributed by atoms with Gasteiger partial charge in [-0.05, 0) is 55.8 Å². The van der Waals surface area contributed by atoms with E-state index in [4.69, 9.17) is 16.2 Å². The van der Waals surface area contributed by atoms with Crippen LogP contribution in [0.5, 0.6) is 0 Å². The number of amides is 5. The molecule has 8 N–H and O–H groups in total. The van der Waals surface area contributed by atoms with Crippen molar-refractivity contribution < 1.29 is 28.7 Å². The monoisotopic (exact) mass is 562 g/mol. The van der Waals surface area contributed by atoms with Gasteiger partial charge in [-0.25, -0.2) is 4.79 Å². The fraction of sp³-hybridized carbons (Fsp3) is 0.607. The molecule has 224 valence electrons. The highest BCUT2D eigenvalue weighted by Gasteiger charge is 2.28. The van der Waals surface area contributed by atoms with Crippen LogP contribution < -0.4 is 32.7 Å². The lowest BCUT2D eigenvalue weighted by Gasteiger charge is -2.25. The van der Waals surface area contributed by atoms with E-state index in [2.05, 4.69) is 21.3 Å². The average molecular weight is 563 g/mol. The lowest BCUT2D eigenvalue weighted by Crippen LogP contribution is -2.54. The summed E-state index contributed by atoms with van der Waals surface area (Å²) in [5.41, 5.74) is 11.9. The van der Waals surface area contributed by atoms with E-state index in [0.29, 0.717) is 25.1 Å². The molecule has 5 amide bonds. The molecule has 0 heterocycles. The molecule has 0 fully saturated rings. The van der Waals surface area contributed by atoms with Crippen LogP contribution in [0.25, 0.3) is 0 Å². The zero-order valence-corrected chi connectivity index (χ0v) is 24.1. The van der Waals surface area contributed by atoms with Crippen molar-refractivity contribution in [2.75, 3.05) is 18.4 Å². The number of ether oxygens (including phenoxy) is 1. The smallest absolute Gasteiger partial charge is 0.312 e. The Balaban J connectivity index is 2.86. The molecule has 40 heavy (non-hydrogen) atoms. The van der Waals surface area contributed by atoms with Crippen LogP contribution in [0.15, 0.2) is 24.3 Å². The molecule has 0 saturated carbocycles. The van der Waals surface area contributed by atoms with E-state index >= 15 is 0 Å². The van der Waals surface area contributed by atoms with Crippen LogP contribution in [0.1, 0.15) is 71.8 Å². The number of esters is 1. The number of rotatable bonds is 18. The summed E-state index contributed by atoms with van der Waals surface area (Å²) >= 11 is 0. The Morgan fingerprint density at radius 1 is 0.875 bits per heavy atom. The molecule has 0 aliphatic carbocycles. The van der Waals surface area contributed by atoms with Gasteiger partial charge in [-0.3, -0.25) is 19.2 Å². The van der Waals surface area contributed by atoms with Gasteiger partial charge in [-0.1, -0.05) is 46.2 Å². The minimum Gasteiger partial charge on any atom is -0.461 e. The van der Waals surface area contributed by atoms with E-state index in [1.165, 1.54) is 0 Å². The van der Waals surface area contributed by atoms with Crippen molar-refractivity contribution in [3.8, 4) is 0 Å². The third-order valence-corrected chi connectivity index (χ3v) is 6.05. The standard InChI is InChI=1S/C28H46N6O6/c1-18(2)24(34-23(35)10-6-5-7-15-29)26(37)33-22(9-8-16-31-28(30)39)25(36)32-21-13-11-20(12-14-21)17-40-27(38)19(3)4/h11-14,18-19,22,24H,5-10,15-17,29H2,1-4H3,(H,32,36)(H,33,37)(H,34,35)(H3,30,31,39)/t22-,24?/m0/s1. The molecule has 1 unspecified atom stereocenters. The minimum atomic E-state index is -0.934. The van der Waals surface area contributed by atoms with Gasteiger partial charge in [-0.2, -0.15) is 0 Å². The summed E-state index contributed by atoms with van der Waals surface area (Å²) in [6, 6.07) is 4.36. The highest BCUT2D eigenvalue weighted by Crippen LogP contribution is 2.13.